The van der Waals surface area contributed by atoms with E-state index in [1.807, 2.05) is 6.08 Å². The number of aromatic nitrogens is 2. The molecule has 2 rings (SSSR count). The Morgan fingerprint density at radius 1 is 1.58 bits per heavy atom. The van der Waals surface area contributed by atoms with E-state index < -0.39 is 5.00 Å². The minimum absolute atomic E-state index is 0.180. The van der Waals surface area contributed by atoms with Crippen LogP contribution in [0.25, 0.3) is 0 Å². The molecule has 9 heteroatoms. The molecule has 1 aliphatic rings. The lowest BCUT2D eigenvalue weighted by molar-refractivity contribution is -0.114. The summed E-state index contributed by atoms with van der Waals surface area (Å²) in [6, 6.07) is 1.71. The van der Waals surface area contributed by atoms with Crippen LogP contribution in [0.5, 0.6) is 5.88 Å². The van der Waals surface area contributed by atoms with Gasteiger partial charge in [0.25, 0.3) is 5.91 Å². The smallest absolute Gasteiger partial charge is 0.273 e. The first-order valence-corrected chi connectivity index (χ1v) is 8.58. The molecule has 0 aromatic carbocycles. The summed E-state index contributed by atoms with van der Waals surface area (Å²) in [7, 11) is 2.90. The van der Waals surface area contributed by atoms with Crippen LogP contribution in [-0.2, 0) is 14.6 Å². The number of carbonyl (C=O) groups is 1. The van der Waals surface area contributed by atoms with Crippen LogP contribution in [0.15, 0.2) is 52.3 Å². The Bertz CT molecular complexity index is 783. The van der Waals surface area contributed by atoms with Gasteiger partial charge in [0.15, 0.2) is 10.7 Å². The van der Waals surface area contributed by atoms with Crippen LogP contribution in [0, 0.1) is 0 Å². The average Bonchev–Trinajstić information content (AvgIpc) is 3.11. The van der Waals surface area contributed by atoms with Gasteiger partial charge in [-0.2, -0.15) is 0 Å². The number of nitrogens with one attached hydrogen (secondary N) is 1. The fourth-order valence-electron chi connectivity index (χ4n) is 2.20. The number of allylic oxidation sites excluding steroid dienone is 4. The predicted octanol–water partition coefficient (Wildman–Crippen LogP) is 2.93. The van der Waals surface area contributed by atoms with E-state index in [1.165, 1.54) is 14.2 Å². The van der Waals surface area contributed by atoms with Gasteiger partial charge in [-0.3, -0.25) is 4.79 Å². The number of carbonyl (C=O) groups excluding carboxylic acids is 1. The second kappa shape index (κ2) is 8.91. The van der Waals surface area contributed by atoms with Crippen molar-refractivity contribution in [3.63, 3.8) is 0 Å². The number of hydrogen-bond donors (Lipinski definition) is 1. The van der Waals surface area contributed by atoms with Crippen molar-refractivity contribution >= 4 is 34.8 Å². The summed E-state index contributed by atoms with van der Waals surface area (Å²) in [5.74, 6) is 0.0676. The molecule has 1 heterocycles. The standard InChI is InChI=1S/C17H20Cl2N4O3/c1-12(15(22-25-3)16(24)20-2)7-11-26-14-6-10-23(21-14)17(19)8-4-13(18)5-9-17/h4-8,10H,9,11H2,1-3H3,(H,20,24)/b12-7-,22-15+. The van der Waals surface area contributed by atoms with Crippen molar-refractivity contribution in [1.82, 2.24) is 15.1 Å². The highest BCUT2D eigenvalue weighted by Crippen LogP contribution is 2.33. The molecule has 0 saturated heterocycles. The van der Waals surface area contributed by atoms with E-state index in [9.17, 15) is 4.79 Å². The third-order valence-electron chi connectivity index (χ3n) is 3.65. The number of nitrogens with zero attached hydrogens (tertiary/aromatic N) is 3. The van der Waals surface area contributed by atoms with Gasteiger partial charge in [-0.25, -0.2) is 4.68 Å². The van der Waals surface area contributed by atoms with Crippen molar-refractivity contribution in [2.24, 2.45) is 5.16 Å². The van der Waals surface area contributed by atoms with Crippen LogP contribution in [0.2, 0.25) is 0 Å². The molecule has 1 atom stereocenters. The van der Waals surface area contributed by atoms with Gasteiger partial charge in [-0.1, -0.05) is 34.4 Å². The quantitative estimate of drug-likeness (QED) is 0.435. The number of hydrogen-bond acceptors (Lipinski definition) is 5. The number of amides is 1. The van der Waals surface area contributed by atoms with Crippen LogP contribution in [0.3, 0.4) is 0 Å². The molecular formula is C17H20Cl2N4O3. The van der Waals surface area contributed by atoms with Crippen LogP contribution >= 0.6 is 23.2 Å². The summed E-state index contributed by atoms with van der Waals surface area (Å²) < 4.78 is 7.21. The third kappa shape index (κ3) is 4.89. The van der Waals surface area contributed by atoms with Gasteiger partial charge in [0.05, 0.1) is 0 Å². The lowest BCUT2D eigenvalue weighted by Gasteiger charge is -2.24. The summed E-state index contributed by atoms with van der Waals surface area (Å²) in [4.78, 5) is 15.7. The summed E-state index contributed by atoms with van der Waals surface area (Å²) in [5.41, 5.74) is 0.800. The third-order valence-corrected chi connectivity index (χ3v) is 4.38. The molecule has 0 fully saturated rings. The topological polar surface area (TPSA) is 77.7 Å². The van der Waals surface area contributed by atoms with E-state index in [-0.39, 0.29) is 18.2 Å². The molecule has 1 unspecified atom stereocenters. The van der Waals surface area contributed by atoms with Gasteiger partial charge < -0.3 is 14.9 Å². The highest BCUT2D eigenvalue weighted by molar-refractivity contribution is 6.44. The summed E-state index contributed by atoms with van der Waals surface area (Å²) >= 11 is 12.5. The van der Waals surface area contributed by atoms with Crippen LogP contribution in [0.4, 0.5) is 0 Å². The predicted molar refractivity (Wildman–Crippen MR) is 102 cm³/mol. The molecule has 1 aromatic heterocycles. The molecule has 1 aromatic rings. The maximum atomic E-state index is 11.8. The molecular weight excluding hydrogens is 379 g/mol. The lowest BCUT2D eigenvalue weighted by Crippen LogP contribution is -2.28. The van der Waals surface area contributed by atoms with E-state index in [1.54, 1.807) is 42.1 Å². The molecule has 140 valence electrons. The van der Waals surface area contributed by atoms with Crippen molar-refractivity contribution in [3.8, 4) is 5.88 Å². The number of ether oxygens (including phenoxy) is 1. The largest absolute Gasteiger partial charge is 0.472 e. The van der Waals surface area contributed by atoms with Crippen LogP contribution in [0.1, 0.15) is 13.3 Å². The van der Waals surface area contributed by atoms with Crippen LogP contribution in [-0.4, -0.2) is 42.2 Å². The van der Waals surface area contributed by atoms with Gasteiger partial charge in [0.1, 0.15) is 13.7 Å². The number of oxime groups is 1. The molecule has 0 radical (unpaired) electrons. The van der Waals surface area contributed by atoms with E-state index in [4.69, 9.17) is 32.8 Å². The molecule has 0 bridgehead atoms. The summed E-state index contributed by atoms with van der Waals surface area (Å²) in [5, 5.41) is 11.2. The molecule has 26 heavy (non-hydrogen) atoms. The average molecular weight is 399 g/mol. The van der Waals surface area contributed by atoms with Crippen molar-refractivity contribution < 1.29 is 14.4 Å². The van der Waals surface area contributed by atoms with Gasteiger partial charge >= 0.3 is 0 Å². The Morgan fingerprint density at radius 2 is 2.35 bits per heavy atom. The SMILES string of the molecule is CNC(=O)C(=N/OC)/C(C)=C\COc1ccn(C2(Cl)C=CC(Cl)=CC2)n1. The molecule has 1 aliphatic carbocycles. The first kappa shape index (κ1) is 20.1. The molecule has 7 nitrogen and oxygen atoms in total. The van der Waals surface area contributed by atoms with Crippen molar-refractivity contribution in [2.45, 2.75) is 18.3 Å². The lowest BCUT2D eigenvalue weighted by atomic mass is 10.1. The van der Waals surface area contributed by atoms with Crippen molar-refractivity contribution in [3.05, 3.63) is 47.2 Å². The van der Waals surface area contributed by atoms with E-state index in [0.29, 0.717) is 22.9 Å². The molecule has 1 N–H and O–H groups in total. The zero-order valence-corrected chi connectivity index (χ0v) is 16.2. The fraction of sp³-hybridized carbons (Fsp3) is 0.353. The zero-order chi connectivity index (χ0) is 19.2. The maximum Gasteiger partial charge on any atom is 0.273 e. The molecule has 1 amide bonds. The van der Waals surface area contributed by atoms with Gasteiger partial charge in [0.2, 0.25) is 5.88 Å². The Labute approximate surface area is 161 Å². The highest BCUT2D eigenvalue weighted by Gasteiger charge is 2.28. The van der Waals surface area contributed by atoms with Gasteiger partial charge in [0, 0.05) is 30.8 Å². The number of rotatable bonds is 7. The Balaban J connectivity index is 2.01. The second-order valence-electron chi connectivity index (χ2n) is 5.44. The van der Waals surface area contributed by atoms with Gasteiger partial charge in [-0.05, 0) is 30.7 Å². The van der Waals surface area contributed by atoms with E-state index in [0.717, 1.165) is 0 Å². The Morgan fingerprint density at radius 3 is 2.96 bits per heavy atom. The fourth-order valence-corrected chi connectivity index (χ4v) is 2.57. The Hall–Kier alpha value is -2.25. The Kier molecular flexibility index (Phi) is 6.88. The summed E-state index contributed by atoms with van der Waals surface area (Å²) in [6.07, 6.45) is 9.33. The van der Waals surface area contributed by atoms with E-state index >= 15 is 0 Å². The first-order valence-electron chi connectivity index (χ1n) is 7.82. The monoisotopic (exact) mass is 398 g/mol. The van der Waals surface area contributed by atoms with Gasteiger partial charge in [-0.15, -0.1) is 5.10 Å². The summed E-state index contributed by atoms with van der Waals surface area (Å²) in [6.45, 7) is 1.95. The number of alkyl halides is 1. The van der Waals surface area contributed by atoms with Crippen molar-refractivity contribution in [1.29, 1.82) is 0 Å². The maximum absolute atomic E-state index is 11.8. The molecule has 0 saturated carbocycles. The zero-order valence-electron chi connectivity index (χ0n) is 14.7. The molecule has 0 spiro atoms. The highest BCUT2D eigenvalue weighted by atomic mass is 35.5. The van der Waals surface area contributed by atoms with Crippen molar-refractivity contribution in [2.75, 3.05) is 20.8 Å². The normalized spacial score (nSPS) is 20.6. The molecule has 0 aliphatic heterocycles. The minimum atomic E-state index is -0.802. The minimum Gasteiger partial charge on any atom is -0.472 e. The van der Waals surface area contributed by atoms with E-state index in [2.05, 4.69) is 15.6 Å². The van der Waals surface area contributed by atoms with Crippen LogP contribution < -0.4 is 10.1 Å². The number of halogens is 2. The first-order chi connectivity index (χ1) is 12.4. The second-order valence-corrected chi connectivity index (χ2v) is 6.53.